The van der Waals surface area contributed by atoms with Crippen LogP contribution in [0.2, 0.25) is 0 Å². The molecule has 0 atom stereocenters. The summed E-state index contributed by atoms with van der Waals surface area (Å²) in [5.74, 6) is 1.99. The van der Waals surface area contributed by atoms with Gasteiger partial charge in [-0.25, -0.2) is 4.98 Å². The van der Waals surface area contributed by atoms with Gasteiger partial charge < -0.3 is 4.90 Å². The van der Waals surface area contributed by atoms with Crippen LogP contribution in [-0.4, -0.2) is 28.5 Å². The lowest BCUT2D eigenvalue weighted by atomic mass is 10.0. The highest BCUT2D eigenvalue weighted by atomic mass is 15.3. The maximum atomic E-state index is 4.86. The number of nitrogens with zero attached hydrogens (tertiary/aromatic N) is 3. The summed E-state index contributed by atoms with van der Waals surface area (Å²) in [5.41, 5.74) is 2.91. The molecule has 1 fully saturated rings. The first-order chi connectivity index (χ1) is 8.43. The van der Waals surface area contributed by atoms with E-state index in [9.17, 15) is 0 Å². The zero-order valence-electron chi connectivity index (χ0n) is 11.9. The molecule has 2 aliphatic rings. The number of pyridine rings is 1. The molecule has 0 aliphatic carbocycles. The topological polar surface area (TPSA) is 19.4 Å². The number of hydrogen-bond acceptors (Lipinski definition) is 3. The normalized spacial score (nSPS) is 21.0. The SMILES string of the molecule is CC1CN(c2ccc3c(n2)CN(C(C)(C)C)C3)C1. The summed E-state index contributed by atoms with van der Waals surface area (Å²) in [5, 5.41) is 0. The van der Waals surface area contributed by atoms with Gasteiger partial charge in [-0.2, -0.15) is 0 Å². The Kier molecular flexibility index (Phi) is 2.63. The van der Waals surface area contributed by atoms with Crippen LogP contribution in [0.15, 0.2) is 12.1 Å². The third kappa shape index (κ3) is 2.01. The van der Waals surface area contributed by atoms with E-state index in [0.717, 1.165) is 32.1 Å². The molecule has 0 bridgehead atoms. The Morgan fingerprint density at radius 1 is 1.17 bits per heavy atom. The molecule has 0 N–H and O–H groups in total. The van der Waals surface area contributed by atoms with Crippen molar-refractivity contribution in [3.05, 3.63) is 23.4 Å². The van der Waals surface area contributed by atoms with Crippen LogP contribution in [0.25, 0.3) is 0 Å². The van der Waals surface area contributed by atoms with Crippen molar-refractivity contribution < 1.29 is 0 Å². The number of aromatic nitrogens is 1. The monoisotopic (exact) mass is 245 g/mol. The maximum Gasteiger partial charge on any atom is 0.128 e. The molecule has 3 heteroatoms. The molecule has 1 aromatic rings. The van der Waals surface area contributed by atoms with Gasteiger partial charge >= 0.3 is 0 Å². The maximum absolute atomic E-state index is 4.86. The molecule has 0 saturated carbocycles. The van der Waals surface area contributed by atoms with Gasteiger partial charge in [0, 0.05) is 31.7 Å². The third-order valence-corrected chi connectivity index (χ3v) is 4.09. The van der Waals surface area contributed by atoms with Gasteiger partial charge in [0.05, 0.1) is 5.69 Å². The van der Waals surface area contributed by atoms with Crippen LogP contribution in [0.1, 0.15) is 39.0 Å². The highest BCUT2D eigenvalue weighted by Crippen LogP contribution is 2.31. The summed E-state index contributed by atoms with van der Waals surface area (Å²) < 4.78 is 0. The van der Waals surface area contributed by atoms with Crippen molar-refractivity contribution in [1.82, 2.24) is 9.88 Å². The first-order valence-electron chi connectivity index (χ1n) is 6.92. The largest absolute Gasteiger partial charge is 0.356 e. The Labute approximate surface area is 110 Å². The molecule has 0 aromatic carbocycles. The quantitative estimate of drug-likeness (QED) is 0.758. The van der Waals surface area contributed by atoms with Gasteiger partial charge in [-0.15, -0.1) is 0 Å². The van der Waals surface area contributed by atoms with E-state index in [2.05, 4.69) is 49.6 Å². The molecule has 0 spiro atoms. The molecule has 3 rings (SSSR count). The standard InChI is InChI=1S/C15H23N3/c1-11-7-17(8-11)14-6-5-12-9-18(15(2,3)4)10-13(12)16-14/h5-6,11H,7-10H2,1-4H3. The zero-order valence-corrected chi connectivity index (χ0v) is 11.9. The van der Waals surface area contributed by atoms with Crippen LogP contribution < -0.4 is 4.90 Å². The van der Waals surface area contributed by atoms with Crippen LogP contribution in [0.5, 0.6) is 0 Å². The van der Waals surface area contributed by atoms with Crippen molar-refractivity contribution in [2.45, 2.75) is 46.3 Å². The van der Waals surface area contributed by atoms with Crippen molar-refractivity contribution in [2.75, 3.05) is 18.0 Å². The minimum absolute atomic E-state index is 0.228. The highest BCUT2D eigenvalue weighted by Gasteiger charge is 2.30. The second-order valence-electron chi connectivity index (χ2n) is 6.81. The van der Waals surface area contributed by atoms with Gasteiger partial charge in [0.15, 0.2) is 0 Å². The molecule has 1 aromatic heterocycles. The molecule has 3 nitrogen and oxygen atoms in total. The smallest absolute Gasteiger partial charge is 0.128 e. The Hall–Kier alpha value is -1.09. The highest BCUT2D eigenvalue weighted by molar-refractivity contribution is 5.45. The average Bonchev–Trinajstić information content (AvgIpc) is 2.66. The first-order valence-corrected chi connectivity index (χ1v) is 6.92. The van der Waals surface area contributed by atoms with E-state index in [0.29, 0.717) is 0 Å². The van der Waals surface area contributed by atoms with E-state index in [-0.39, 0.29) is 5.54 Å². The van der Waals surface area contributed by atoms with Crippen LogP contribution in [0.4, 0.5) is 5.82 Å². The molecule has 0 radical (unpaired) electrons. The van der Waals surface area contributed by atoms with Crippen LogP contribution >= 0.6 is 0 Å². The Bertz CT molecular complexity index is 455. The zero-order chi connectivity index (χ0) is 12.9. The lowest BCUT2D eigenvalue weighted by Gasteiger charge is -2.38. The summed E-state index contributed by atoms with van der Waals surface area (Å²) in [6.07, 6.45) is 0. The lowest BCUT2D eigenvalue weighted by Crippen LogP contribution is -2.45. The third-order valence-electron chi connectivity index (χ3n) is 4.09. The fourth-order valence-corrected chi connectivity index (χ4v) is 2.78. The molecule has 98 valence electrons. The summed E-state index contributed by atoms with van der Waals surface area (Å²) in [6, 6.07) is 4.46. The van der Waals surface area contributed by atoms with E-state index in [1.165, 1.54) is 17.1 Å². The predicted octanol–water partition coefficient (Wildman–Crippen LogP) is 2.65. The van der Waals surface area contributed by atoms with Crippen LogP contribution in [0.3, 0.4) is 0 Å². The fourth-order valence-electron chi connectivity index (χ4n) is 2.78. The van der Waals surface area contributed by atoms with Gasteiger partial charge in [-0.05, 0) is 38.3 Å². The van der Waals surface area contributed by atoms with Crippen molar-refractivity contribution in [2.24, 2.45) is 5.92 Å². The first kappa shape index (κ1) is 12.0. The fraction of sp³-hybridized carbons (Fsp3) is 0.667. The van der Waals surface area contributed by atoms with Gasteiger partial charge in [0.25, 0.3) is 0 Å². The minimum Gasteiger partial charge on any atom is -0.356 e. The Morgan fingerprint density at radius 2 is 1.89 bits per heavy atom. The summed E-state index contributed by atoms with van der Waals surface area (Å²) in [4.78, 5) is 9.73. The molecule has 0 unspecified atom stereocenters. The van der Waals surface area contributed by atoms with Gasteiger partial charge in [0.2, 0.25) is 0 Å². The molecule has 0 amide bonds. The van der Waals surface area contributed by atoms with E-state index in [4.69, 9.17) is 4.98 Å². The van der Waals surface area contributed by atoms with Gasteiger partial charge in [-0.1, -0.05) is 13.0 Å². The average molecular weight is 245 g/mol. The number of fused-ring (bicyclic) bond motifs is 1. The second-order valence-corrected chi connectivity index (χ2v) is 6.81. The Morgan fingerprint density at radius 3 is 2.50 bits per heavy atom. The van der Waals surface area contributed by atoms with Crippen molar-refractivity contribution in [3.8, 4) is 0 Å². The number of hydrogen-bond donors (Lipinski definition) is 0. The molecule has 2 aliphatic heterocycles. The minimum atomic E-state index is 0.228. The van der Waals surface area contributed by atoms with Gasteiger partial charge in [-0.3, -0.25) is 4.90 Å². The lowest BCUT2D eigenvalue weighted by molar-refractivity contribution is 0.135. The van der Waals surface area contributed by atoms with Crippen molar-refractivity contribution in [1.29, 1.82) is 0 Å². The van der Waals surface area contributed by atoms with Crippen LogP contribution in [-0.2, 0) is 13.1 Å². The number of anilines is 1. The number of rotatable bonds is 1. The van der Waals surface area contributed by atoms with Crippen molar-refractivity contribution in [3.63, 3.8) is 0 Å². The van der Waals surface area contributed by atoms with Crippen molar-refractivity contribution >= 4 is 5.82 Å². The summed E-state index contributed by atoms with van der Waals surface area (Å²) in [7, 11) is 0. The molecular weight excluding hydrogens is 222 g/mol. The van der Waals surface area contributed by atoms with Gasteiger partial charge in [0.1, 0.15) is 5.82 Å². The van der Waals surface area contributed by atoms with E-state index < -0.39 is 0 Å². The molecule has 1 saturated heterocycles. The summed E-state index contributed by atoms with van der Waals surface area (Å²) in [6.45, 7) is 13.5. The van der Waals surface area contributed by atoms with E-state index in [1.54, 1.807) is 0 Å². The molecule has 3 heterocycles. The Balaban J connectivity index is 1.79. The predicted molar refractivity (Wildman–Crippen MR) is 74.6 cm³/mol. The molecule has 18 heavy (non-hydrogen) atoms. The summed E-state index contributed by atoms with van der Waals surface area (Å²) >= 11 is 0. The van der Waals surface area contributed by atoms with Crippen LogP contribution in [0, 0.1) is 5.92 Å². The molecular formula is C15H23N3. The van der Waals surface area contributed by atoms with E-state index in [1.807, 2.05) is 0 Å². The van der Waals surface area contributed by atoms with E-state index >= 15 is 0 Å². The second kappa shape index (κ2) is 3.95.